The van der Waals surface area contributed by atoms with Crippen molar-refractivity contribution >= 4 is 39.3 Å². The quantitative estimate of drug-likeness (QED) is 0.188. The number of hydrogen-bond acceptors (Lipinski definition) is 2. The van der Waals surface area contributed by atoms with Crippen LogP contribution in [-0.2, 0) is 12.8 Å². The van der Waals surface area contributed by atoms with Gasteiger partial charge >= 0.3 is 0 Å². The average molecular weight is 718 g/mol. The number of aryl methyl sites for hydroxylation is 2. The van der Waals surface area contributed by atoms with Crippen LogP contribution in [0.2, 0.25) is 0 Å². The summed E-state index contributed by atoms with van der Waals surface area (Å²) >= 11 is 0. The monoisotopic (exact) mass is 718 g/mol. The molecule has 2 N–H and O–H groups in total. The smallest absolute Gasteiger partial charge is 0.112 e. The van der Waals surface area contributed by atoms with Crippen molar-refractivity contribution in [2.24, 2.45) is 0 Å². The molecular formula is C51H63N3. The molecule has 0 spiro atoms. The first-order chi connectivity index (χ1) is 26.5. The Morgan fingerprint density at radius 2 is 1.46 bits per heavy atom. The number of benzene rings is 4. The molecule has 0 saturated heterocycles. The summed E-state index contributed by atoms with van der Waals surface area (Å²) < 4.78 is 2.28. The van der Waals surface area contributed by atoms with Crippen molar-refractivity contribution in [3.8, 4) is 17.2 Å². The minimum absolute atomic E-state index is 0.547. The zero-order valence-electron chi connectivity index (χ0n) is 34.5. The molecule has 3 aliphatic carbocycles. The van der Waals surface area contributed by atoms with Crippen LogP contribution in [0.15, 0.2) is 108 Å². The van der Waals surface area contributed by atoms with Gasteiger partial charge in [-0.25, -0.2) is 0 Å². The first-order valence-electron chi connectivity index (χ1n) is 20.6. The summed E-state index contributed by atoms with van der Waals surface area (Å²) in [5.41, 5.74) is 21.3. The molecule has 0 saturated carbocycles. The first kappa shape index (κ1) is 41.7. The number of allylic oxidation sites excluding steroid dienone is 7. The molecule has 0 bridgehead atoms. The molecule has 4 aromatic carbocycles. The molecule has 1 atom stereocenters. The van der Waals surface area contributed by atoms with Crippen LogP contribution in [0, 0.1) is 18.3 Å². The lowest BCUT2D eigenvalue weighted by Gasteiger charge is -2.24. The summed E-state index contributed by atoms with van der Waals surface area (Å²) in [5, 5.41) is 13.2. The van der Waals surface area contributed by atoms with E-state index < -0.39 is 0 Å². The number of nitrogen functional groups attached to an aromatic ring is 1. The van der Waals surface area contributed by atoms with E-state index in [1.165, 1.54) is 78.3 Å². The Labute approximate surface area is 326 Å². The van der Waals surface area contributed by atoms with Crippen LogP contribution in [0.1, 0.15) is 128 Å². The van der Waals surface area contributed by atoms with E-state index in [4.69, 9.17) is 5.73 Å². The predicted molar refractivity (Wildman–Crippen MR) is 239 cm³/mol. The van der Waals surface area contributed by atoms with Gasteiger partial charge in [-0.3, -0.25) is 4.57 Å². The number of nitrogens with zero attached hydrogens (tertiary/aromatic N) is 2. The largest absolute Gasteiger partial charge is 0.385 e. The third-order valence-corrected chi connectivity index (χ3v) is 10.6. The Morgan fingerprint density at radius 3 is 2.11 bits per heavy atom. The molecule has 282 valence electrons. The molecule has 1 heterocycles. The number of anilines is 1. The number of nitriles is 1. The predicted octanol–water partition coefficient (Wildman–Crippen LogP) is 14.9. The molecule has 0 radical (unpaired) electrons. The highest BCUT2D eigenvalue weighted by Gasteiger charge is 2.25. The lowest BCUT2D eigenvalue weighted by molar-refractivity contribution is 0.598. The van der Waals surface area contributed by atoms with Crippen molar-refractivity contribution in [3.63, 3.8) is 0 Å². The van der Waals surface area contributed by atoms with Gasteiger partial charge in [0.15, 0.2) is 0 Å². The topological polar surface area (TPSA) is 54.7 Å². The van der Waals surface area contributed by atoms with Crippen LogP contribution in [0.3, 0.4) is 0 Å². The molecular weight excluding hydrogens is 655 g/mol. The number of rotatable bonds is 4. The fourth-order valence-corrected chi connectivity index (χ4v) is 8.27. The van der Waals surface area contributed by atoms with Crippen LogP contribution in [0.25, 0.3) is 44.6 Å². The van der Waals surface area contributed by atoms with Gasteiger partial charge in [0.25, 0.3) is 0 Å². The highest BCUT2D eigenvalue weighted by molar-refractivity contribution is 6.03. The van der Waals surface area contributed by atoms with Gasteiger partial charge in [-0.15, -0.1) is 0 Å². The number of nitrogens with two attached hydrogens (primary N) is 1. The molecule has 8 rings (SSSR count). The molecule has 3 heteroatoms. The van der Waals surface area contributed by atoms with Crippen molar-refractivity contribution < 1.29 is 0 Å². The average Bonchev–Trinajstić information content (AvgIpc) is 3.54. The zero-order valence-corrected chi connectivity index (χ0v) is 34.5. The Kier molecular flexibility index (Phi) is 15.7. The minimum Gasteiger partial charge on any atom is -0.385 e. The van der Waals surface area contributed by atoms with Crippen molar-refractivity contribution in [1.29, 1.82) is 5.26 Å². The maximum absolute atomic E-state index is 9.17. The summed E-state index contributed by atoms with van der Waals surface area (Å²) in [6.07, 6.45) is 19.4. The highest BCUT2D eigenvalue weighted by atomic mass is 15.1. The highest BCUT2D eigenvalue weighted by Crippen LogP contribution is 2.43. The van der Waals surface area contributed by atoms with Crippen LogP contribution in [0.5, 0.6) is 0 Å². The SMILES string of the molecule is CC.CC.CC.CCc1c(N)n(C2=CC=C(C#N)CC2)c2c(C3CCC=C(C)C3)cccc12.Cc1c2c(c(-c3ccccc3)c3ccccc13)CCC=C2. The van der Waals surface area contributed by atoms with E-state index in [-0.39, 0.29) is 0 Å². The summed E-state index contributed by atoms with van der Waals surface area (Å²) in [4.78, 5) is 0. The molecule has 54 heavy (non-hydrogen) atoms. The minimum atomic E-state index is 0.547. The number of para-hydroxylation sites is 1. The summed E-state index contributed by atoms with van der Waals surface area (Å²) in [6, 6.07) is 28.6. The fraction of sp³-hybridized carbons (Fsp3) is 0.353. The Bertz CT molecular complexity index is 2180. The van der Waals surface area contributed by atoms with Crippen LogP contribution < -0.4 is 5.73 Å². The first-order valence-corrected chi connectivity index (χ1v) is 20.6. The summed E-state index contributed by atoms with van der Waals surface area (Å²) in [5.74, 6) is 1.41. The Morgan fingerprint density at radius 1 is 0.778 bits per heavy atom. The third-order valence-electron chi connectivity index (χ3n) is 10.6. The fourth-order valence-electron chi connectivity index (χ4n) is 8.27. The second-order valence-corrected chi connectivity index (χ2v) is 13.5. The van der Waals surface area contributed by atoms with Crippen molar-refractivity contribution in [2.75, 3.05) is 5.73 Å². The third kappa shape index (κ3) is 8.66. The maximum Gasteiger partial charge on any atom is 0.112 e. The van der Waals surface area contributed by atoms with Gasteiger partial charge in [-0.2, -0.15) is 5.26 Å². The van der Waals surface area contributed by atoms with Gasteiger partial charge in [0.2, 0.25) is 0 Å². The van der Waals surface area contributed by atoms with Gasteiger partial charge in [0.1, 0.15) is 5.82 Å². The van der Waals surface area contributed by atoms with Crippen molar-refractivity contribution in [1.82, 2.24) is 4.57 Å². The van der Waals surface area contributed by atoms with Gasteiger partial charge in [-0.05, 0) is 127 Å². The van der Waals surface area contributed by atoms with E-state index in [0.29, 0.717) is 5.92 Å². The maximum atomic E-state index is 9.17. The summed E-state index contributed by atoms with van der Waals surface area (Å²) in [7, 11) is 0. The van der Waals surface area contributed by atoms with Crippen LogP contribution in [-0.4, -0.2) is 4.57 Å². The number of aromatic nitrogens is 1. The van der Waals surface area contributed by atoms with E-state index in [2.05, 4.69) is 129 Å². The second-order valence-electron chi connectivity index (χ2n) is 13.5. The summed E-state index contributed by atoms with van der Waals surface area (Å²) in [6.45, 7) is 18.7. The lowest BCUT2D eigenvalue weighted by Crippen LogP contribution is -2.09. The number of hydrogen-bond donors (Lipinski definition) is 1. The van der Waals surface area contributed by atoms with E-state index in [0.717, 1.165) is 56.3 Å². The second kappa shape index (κ2) is 20.4. The van der Waals surface area contributed by atoms with Gasteiger partial charge in [0.05, 0.1) is 11.6 Å². The van der Waals surface area contributed by atoms with E-state index in [1.54, 1.807) is 0 Å². The van der Waals surface area contributed by atoms with Crippen LogP contribution in [0.4, 0.5) is 5.82 Å². The zero-order chi connectivity index (χ0) is 39.2. The van der Waals surface area contributed by atoms with Crippen LogP contribution >= 0.6 is 0 Å². The molecule has 0 amide bonds. The van der Waals surface area contributed by atoms with Crippen molar-refractivity contribution in [3.05, 3.63) is 136 Å². The van der Waals surface area contributed by atoms with E-state index >= 15 is 0 Å². The van der Waals surface area contributed by atoms with Crippen molar-refractivity contribution in [2.45, 2.75) is 120 Å². The standard InChI is InChI=1S/C24H27N3.C21H18.3C2H6/c1-3-20-22-9-5-8-21(18-7-4-6-16(2)14-18)23(22)27(24(20)26)19-12-10-17(15-25)11-13-19;1-15-17-11-5-7-13-19(17)21(16-9-3-2-4-10-16)20-14-8-6-12-18(15)20;3*1-2/h5-6,8-10,12,18H,3-4,7,11,13-14,26H2,1-2H3;2-7,9-13H,8,14H2,1H3;3*1-2H3. The molecule has 1 unspecified atom stereocenters. The Hall–Kier alpha value is -5.07. The van der Waals surface area contributed by atoms with Gasteiger partial charge < -0.3 is 5.73 Å². The Balaban J connectivity index is 0.000000216. The molecule has 0 fully saturated rings. The molecule has 1 aromatic heterocycles. The number of fused-ring (bicyclic) bond motifs is 3. The van der Waals surface area contributed by atoms with Gasteiger partial charge in [0, 0.05) is 22.2 Å². The molecule has 0 aliphatic heterocycles. The van der Waals surface area contributed by atoms with E-state index in [1.807, 2.05) is 47.6 Å². The lowest BCUT2D eigenvalue weighted by atomic mass is 9.82. The normalized spacial score (nSPS) is 15.6. The molecule has 3 nitrogen and oxygen atoms in total. The molecule has 3 aliphatic rings. The molecule has 5 aromatic rings. The van der Waals surface area contributed by atoms with Gasteiger partial charge in [-0.1, -0.05) is 145 Å². The van der Waals surface area contributed by atoms with E-state index in [9.17, 15) is 5.26 Å².